The fraction of sp³-hybridized carbons (Fsp3) is 0.235. The second-order valence-electron chi connectivity index (χ2n) is 5.25. The Morgan fingerprint density at radius 1 is 1.19 bits per heavy atom. The van der Waals surface area contributed by atoms with E-state index in [1.54, 1.807) is 6.07 Å². The van der Waals surface area contributed by atoms with Gasteiger partial charge in [0.15, 0.2) is 0 Å². The van der Waals surface area contributed by atoms with Crippen molar-refractivity contribution in [2.75, 3.05) is 10.6 Å². The molecule has 4 heteroatoms. The van der Waals surface area contributed by atoms with E-state index in [2.05, 4.69) is 17.6 Å². The third-order valence-electron chi connectivity index (χ3n) is 3.65. The standard InChI is InChI=1S/C17H17FN2O/c1-2-3-11-4-7-13(8-5-11)19-16-14-10-12(18)6-9-15(14)20-17(16)21/h4-10,16,19H,2-3H2,1H3,(H,20,21). The van der Waals surface area contributed by atoms with Crippen LogP contribution in [0.25, 0.3) is 0 Å². The van der Waals surface area contributed by atoms with E-state index in [0.717, 1.165) is 18.5 Å². The van der Waals surface area contributed by atoms with Crippen molar-refractivity contribution in [3.8, 4) is 0 Å². The Morgan fingerprint density at radius 2 is 1.95 bits per heavy atom. The average molecular weight is 284 g/mol. The number of amides is 1. The van der Waals surface area contributed by atoms with Crippen LogP contribution in [0.15, 0.2) is 42.5 Å². The van der Waals surface area contributed by atoms with E-state index in [1.807, 2.05) is 24.3 Å². The number of hydrogen-bond acceptors (Lipinski definition) is 2. The Balaban J connectivity index is 1.82. The molecule has 0 aliphatic carbocycles. The van der Waals surface area contributed by atoms with Crippen LogP contribution in [0.1, 0.15) is 30.5 Å². The van der Waals surface area contributed by atoms with Gasteiger partial charge in [-0.2, -0.15) is 0 Å². The van der Waals surface area contributed by atoms with Gasteiger partial charge in [0.2, 0.25) is 0 Å². The highest BCUT2D eigenvalue weighted by molar-refractivity contribution is 6.04. The van der Waals surface area contributed by atoms with Gasteiger partial charge in [0.05, 0.1) is 0 Å². The van der Waals surface area contributed by atoms with Crippen molar-refractivity contribution in [1.29, 1.82) is 0 Å². The molecular formula is C17H17FN2O. The van der Waals surface area contributed by atoms with Gasteiger partial charge in [0, 0.05) is 16.9 Å². The minimum absolute atomic E-state index is 0.159. The first kappa shape index (κ1) is 13.6. The summed E-state index contributed by atoms with van der Waals surface area (Å²) in [6, 6.07) is 11.8. The normalized spacial score (nSPS) is 16.5. The zero-order valence-corrected chi connectivity index (χ0v) is 11.8. The van der Waals surface area contributed by atoms with Gasteiger partial charge in [0.25, 0.3) is 5.91 Å². The van der Waals surface area contributed by atoms with Crippen LogP contribution in [0, 0.1) is 5.82 Å². The van der Waals surface area contributed by atoms with E-state index in [1.165, 1.54) is 17.7 Å². The highest BCUT2D eigenvalue weighted by Gasteiger charge is 2.30. The highest BCUT2D eigenvalue weighted by atomic mass is 19.1. The van der Waals surface area contributed by atoms with Crippen LogP contribution < -0.4 is 10.6 Å². The molecule has 0 bridgehead atoms. The predicted octanol–water partition coefficient (Wildman–Crippen LogP) is 3.88. The molecule has 2 N–H and O–H groups in total. The van der Waals surface area contributed by atoms with Gasteiger partial charge in [0.1, 0.15) is 11.9 Å². The van der Waals surface area contributed by atoms with Gasteiger partial charge in [-0.05, 0) is 42.3 Å². The van der Waals surface area contributed by atoms with Gasteiger partial charge in [-0.1, -0.05) is 25.5 Å². The molecule has 3 nitrogen and oxygen atoms in total. The molecular weight excluding hydrogens is 267 g/mol. The van der Waals surface area contributed by atoms with Crippen molar-refractivity contribution >= 4 is 17.3 Å². The Morgan fingerprint density at radius 3 is 2.67 bits per heavy atom. The van der Waals surface area contributed by atoms with E-state index in [9.17, 15) is 9.18 Å². The molecule has 21 heavy (non-hydrogen) atoms. The molecule has 0 spiro atoms. The Hall–Kier alpha value is -2.36. The zero-order valence-electron chi connectivity index (χ0n) is 11.8. The van der Waals surface area contributed by atoms with E-state index in [4.69, 9.17) is 0 Å². The van der Waals surface area contributed by atoms with Crippen LogP contribution in [-0.2, 0) is 11.2 Å². The van der Waals surface area contributed by atoms with Crippen molar-refractivity contribution in [2.45, 2.75) is 25.8 Å². The van der Waals surface area contributed by atoms with Crippen LogP contribution in [0.3, 0.4) is 0 Å². The number of hydrogen-bond donors (Lipinski definition) is 2. The third-order valence-corrected chi connectivity index (χ3v) is 3.65. The molecule has 1 aliphatic heterocycles. The Kier molecular flexibility index (Phi) is 3.60. The first-order valence-electron chi connectivity index (χ1n) is 7.13. The molecule has 0 saturated carbocycles. The molecule has 1 unspecified atom stereocenters. The summed E-state index contributed by atoms with van der Waals surface area (Å²) in [4.78, 5) is 12.0. The lowest BCUT2D eigenvalue weighted by Gasteiger charge is -2.13. The predicted molar refractivity (Wildman–Crippen MR) is 81.8 cm³/mol. The summed E-state index contributed by atoms with van der Waals surface area (Å²) in [6.45, 7) is 2.14. The molecule has 2 aromatic rings. The molecule has 0 saturated heterocycles. The number of nitrogens with one attached hydrogen (secondary N) is 2. The number of carbonyl (C=O) groups is 1. The van der Waals surface area contributed by atoms with Gasteiger partial charge in [-0.25, -0.2) is 4.39 Å². The van der Waals surface area contributed by atoms with Gasteiger partial charge >= 0.3 is 0 Å². The summed E-state index contributed by atoms with van der Waals surface area (Å²) in [7, 11) is 0. The highest BCUT2D eigenvalue weighted by Crippen LogP contribution is 2.33. The first-order chi connectivity index (χ1) is 10.2. The number of carbonyl (C=O) groups excluding carboxylic acids is 1. The van der Waals surface area contributed by atoms with Gasteiger partial charge in [-0.3, -0.25) is 4.79 Å². The van der Waals surface area contributed by atoms with E-state index in [-0.39, 0.29) is 11.7 Å². The molecule has 1 amide bonds. The maximum atomic E-state index is 13.4. The lowest BCUT2D eigenvalue weighted by Crippen LogP contribution is -2.19. The average Bonchev–Trinajstić information content (AvgIpc) is 2.77. The fourth-order valence-corrected chi connectivity index (χ4v) is 2.60. The maximum absolute atomic E-state index is 13.4. The summed E-state index contributed by atoms with van der Waals surface area (Å²) in [6.07, 6.45) is 2.14. The number of halogens is 1. The Bertz CT molecular complexity index is 667. The first-order valence-corrected chi connectivity index (χ1v) is 7.13. The van der Waals surface area contributed by atoms with Crippen LogP contribution >= 0.6 is 0 Å². The summed E-state index contributed by atoms with van der Waals surface area (Å²) < 4.78 is 13.4. The SMILES string of the molecule is CCCc1ccc(NC2C(=O)Nc3ccc(F)cc32)cc1. The number of fused-ring (bicyclic) bond motifs is 1. The van der Waals surface area contributed by atoms with E-state index < -0.39 is 6.04 Å². The lowest BCUT2D eigenvalue weighted by molar-refractivity contribution is -0.116. The molecule has 1 atom stereocenters. The van der Waals surface area contributed by atoms with Crippen molar-refractivity contribution in [3.05, 3.63) is 59.4 Å². The molecule has 1 aliphatic rings. The van der Waals surface area contributed by atoms with Crippen molar-refractivity contribution in [1.82, 2.24) is 0 Å². The minimum atomic E-state index is -0.548. The fourth-order valence-electron chi connectivity index (χ4n) is 2.60. The van der Waals surface area contributed by atoms with Gasteiger partial charge in [-0.15, -0.1) is 0 Å². The topological polar surface area (TPSA) is 41.1 Å². The minimum Gasteiger partial charge on any atom is -0.370 e. The maximum Gasteiger partial charge on any atom is 0.251 e. The molecule has 0 fully saturated rings. The lowest BCUT2D eigenvalue weighted by atomic mass is 10.1. The van der Waals surface area contributed by atoms with Crippen molar-refractivity contribution < 1.29 is 9.18 Å². The summed E-state index contributed by atoms with van der Waals surface area (Å²) in [5.41, 5.74) is 3.44. The van der Waals surface area contributed by atoms with Crippen LogP contribution in [0.2, 0.25) is 0 Å². The molecule has 1 heterocycles. The number of rotatable bonds is 4. The monoisotopic (exact) mass is 284 g/mol. The number of anilines is 2. The number of aryl methyl sites for hydroxylation is 1. The van der Waals surface area contributed by atoms with Crippen molar-refractivity contribution in [2.24, 2.45) is 0 Å². The summed E-state index contributed by atoms with van der Waals surface area (Å²) in [5, 5.41) is 5.92. The van der Waals surface area contributed by atoms with Crippen LogP contribution in [0.4, 0.5) is 15.8 Å². The quantitative estimate of drug-likeness (QED) is 0.894. The Labute approximate surface area is 123 Å². The van der Waals surface area contributed by atoms with Crippen LogP contribution in [-0.4, -0.2) is 5.91 Å². The second kappa shape index (κ2) is 5.56. The van der Waals surface area contributed by atoms with E-state index in [0.29, 0.717) is 11.3 Å². The largest absolute Gasteiger partial charge is 0.370 e. The zero-order chi connectivity index (χ0) is 14.8. The smallest absolute Gasteiger partial charge is 0.251 e. The van der Waals surface area contributed by atoms with Crippen LogP contribution in [0.5, 0.6) is 0 Å². The summed E-state index contributed by atoms with van der Waals surface area (Å²) >= 11 is 0. The third kappa shape index (κ3) is 2.75. The van der Waals surface area contributed by atoms with Gasteiger partial charge < -0.3 is 10.6 Å². The molecule has 2 aromatic carbocycles. The van der Waals surface area contributed by atoms with Crippen molar-refractivity contribution in [3.63, 3.8) is 0 Å². The van der Waals surface area contributed by atoms with E-state index >= 15 is 0 Å². The molecule has 0 radical (unpaired) electrons. The number of benzene rings is 2. The molecule has 0 aromatic heterocycles. The molecule has 108 valence electrons. The summed E-state index contributed by atoms with van der Waals surface area (Å²) in [5.74, 6) is -0.497. The second-order valence-corrected chi connectivity index (χ2v) is 5.25. The molecule has 3 rings (SSSR count).